The van der Waals surface area contributed by atoms with Crippen molar-refractivity contribution in [3.63, 3.8) is 0 Å². The Morgan fingerprint density at radius 1 is 1.38 bits per heavy atom. The number of carbonyl (C=O) groups excluding carboxylic acids is 1. The molecule has 1 aromatic carbocycles. The van der Waals surface area contributed by atoms with E-state index in [1.54, 1.807) is 6.07 Å². The summed E-state index contributed by atoms with van der Waals surface area (Å²) in [5, 5.41) is 2.85. The third-order valence-electron chi connectivity index (χ3n) is 3.87. The predicted octanol–water partition coefficient (Wildman–Crippen LogP) is 2.45. The molecule has 0 aromatic heterocycles. The van der Waals surface area contributed by atoms with Gasteiger partial charge in [-0.2, -0.15) is 0 Å². The number of carbonyl (C=O) groups is 1. The molecule has 1 aliphatic carbocycles. The molecule has 1 fully saturated rings. The predicted molar refractivity (Wildman–Crippen MR) is 81.2 cm³/mol. The largest absolute Gasteiger partial charge is 0.352 e. The minimum Gasteiger partial charge on any atom is -0.352 e. The lowest BCUT2D eigenvalue weighted by Crippen LogP contribution is -2.25. The fraction of sp³-hybridized carbons (Fsp3) is 0.471. The molecule has 3 N–H and O–H groups in total. The first kappa shape index (κ1) is 15.5. The fourth-order valence-corrected chi connectivity index (χ4v) is 2.69. The molecular weight excluding hydrogens is 267 g/mol. The zero-order valence-corrected chi connectivity index (χ0v) is 12.1. The van der Waals surface area contributed by atoms with Crippen molar-refractivity contribution in [1.29, 1.82) is 0 Å². The molecular formula is C17H21FN2O. The number of amides is 1. The van der Waals surface area contributed by atoms with Gasteiger partial charge in [0.1, 0.15) is 5.82 Å². The third-order valence-corrected chi connectivity index (χ3v) is 3.87. The van der Waals surface area contributed by atoms with Crippen molar-refractivity contribution in [2.45, 2.75) is 32.1 Å². The van der Waals surface area contributed by atoms with E-state index in [9.17, 15) is 9.18 Å². The maximum Gasteiger partial charge on any atom is 0.251 e. The van der Waals surface area contributed by atoms with E-state index < -0.39 is 5.82 Å². The molecule has 0 heterocycles. The molecule has 1 saturated carbocycles. The van der Waals surface area contributed by atoms with Gasteiger partial charge in [-0.25, -0.2) is 4.39 Å². The maximum atomic E-state index is 13.8. The highest BCUT2D eigenvalue weighted by Crippen LogP contribution is 2.26. The molecule has 3 nitrogen and oxygen atoms in total. The van der Waals surface area contributed by atoms with Crippen LogP contribution in [0.15, 0.2) is 18.2 Å². The van der Waals surface area contributed by atoms with E-state index in [-0.39, 0.29) is 18.0 Å². The molecule has 21 heavy (non-hydrogen) atoms. The first-order valence-electron chi connectivity index (χ1n) is 7.47. The quantitative estimate of drug-likeness (QED) is 0.836. The molecule has 0 spiro atoms. The summed E-state index contributed by atoms with van der Waals surface area (Å²) in [6.45, 7) is 0.836. The van der Waals surface area contributed by atoms with E-state index in [1.807, 2.05) is 0 Å². The lowest BCUT2D eigenvalue weighted by molar-refractivity contribution is 0.0951. The van der Waals surface area contributed by atoms with E-state index >= 15 is 0 Å². The molecule has 2 rings (SSSR count). The minimum absolute atomic E-state index is 0.183. The van der Waals surface area contributed by atoms with Crippen LogP contribution in [0.1, 0.15) is 48.0 Å². The van der Waals surface area contributed by atoms with Gasteiger partial charge in [-0.3, -0.25) is 4.79 Å². The Labute approximate surface area is 125 Å². The van der Waals surface area contributed by atoms with E-state index in [4.69, 9.17) is 5.73 Å². The van der Waals surface area contributed by atoms with Gasteiger partial charge in [0.25, 0.3) is 5.91 Å². The van der Waals surface area contributed by atoms with Crippen molar-refractivity contribution in [2.24, 2.45) is 11.7 Å². The highest BCUT2D eigenvalue weighted by Gasteiger charge is 2.15. The number of hydrogen-bond donors (Lipinski definition) is 2. The van der Waals surface area contributed by atoms with Crippen LogP contribution in [0.3, 0.4) is 0 Å². The molecule has 4 heteroatoms. The summed E-state index contributed by atoms with van der Waals surface area (Å²) in [4.78, 5) is 12.0. The molecule has 1 aromatic rings. The summed E-state index contributed by atoms with van der Waals surface area (Å²) in [7, 11) is 0. The molecule has 112 valence electrons. The number of nitrogens with two attached hydrogens (primary N) is 1. The van der Waals surface area contributed by atoms with E-state index in [2.05, 4.69) is 17.2 Å². The van der Waals surface area contributed by atoms with Gasteiger partial charge in [-0.05, 0) is 30.5 Å². The van der Waals surface area contributed by atoms with Crippen LogP contribution in [0.5, 0.6) is 0 Å². The Kier molecular flexibility index (Phi) is 5.77. The van der Waals surface area contributed by atoms with Crippen LogP contribution < -0.4 is 11.1 Å². The highest BCUT2D eigenvalue weighted by atomic mass is 19.1. The summed E-state index contributed by atoms with van der Waals surface area (Å²) in [6, 6.07) is 4.34. The van der Waals surface area contributed by atoms with E-state index in [1.165, 1.54) is 37.8 Å². The van der Waals surface area contributed by atoms with Crippen molar-refractivity contribution in [3.8, 4) is 11.8 Å². The van der Waals surface area contributed by atoms with Crippen molar-refractivity contribution in [3.05, 3.63) is 35.1 Å². The van der Waals surface area contributed by atoms with Crippen LogP contribution in [-0.2, 0) is 0 Å². The smallest absolute Gasteiger partial charge is 0.251 e. The van der Waals surface area contributed by atoms with Gasteiger partial charge in [0.15, 0.2) is 0 Å². The van der Waals surface area contributed by atoms with Gasteiger partial charge in [0.2, 0.25) is 0 Å². The Morgan fingerprint density at radius 2 is 2.14 bits per heavy atom. The van der Waals surface area contributed by atoms with Gasteiger partial charge in [-0.15, -0.1) is 0 Å². The lowest BCUT2D eigenvalue weighted by atomic mass is 10.0. The normalized spacial score (nSPS) is 14.6. The van der Waals surface area contributed by atoms with Gasteiger partial charge in [0, 0.05) is 12.1 Å². The van der Waals surface area contributed by atoms with Gasteiger partial charge < -0.3 is 11.1 Å². The SMILES string of the molecule is NCC#Cc1ccc(C(=O)NCCC2CCCC2)cc1F. The average molecular weight is 288 g/mol. The minimum atomic E-state index is -0.487. The summed E-state index contributed by atoms with van der Waals surface area (Å²) >= 11 is 0. The maximum absolute atomic E-state index is 13.8. The molecule has 0 bridgehead atoms. The Morgan fingerprint density at radius 3 is 2.81 bits per heavy atom. The first-order chi connectivity index (χ1) is 10.2. The Hall–Kier alpha value is -1.86. The zero-order chi connectivity index (χ0) is 15.1. The van der Waals surface area contributed by atoms with Gasteiger partial charge >= 0.3 is 0 Å². The molecule has 1 aliphatic rings. The molecule has 0 saturated heterocycles. The van der Waals surface area contributed by atoms with E-state index in [0.717, 1.165) is 12.3 Å². The number of benzene rings is 1. The summed E-state index contributed by atoms with van der Waals surface area (Å²) in [6.07, 6.45) is 6.14. The van der Waals surface area contributed by atoms with Crippen LogP contribution in [0.25, 0.3) is 0 Å². The molecule has 0 radical (unpaired) electrons. The number of hydrogen-bond acceptors (Lipinski definition) is 2. The number of halogens is 1. The van der Waals surface area contributed by atoms with Gasteiger partial charge in [0.05, 0.1) is 12.1 Å². The van der Waals surface area contributed by atoms with E-state index in [0.29, 0.717) is 12.1 Å². The van der Waals surface area contributed by atoms with Crippen LogP contribution in [0, 0.1) is 23.6 Å². The van der Waals surface area contributed by atoms with Crippen molar-refractivity contribution < 1.29 is 9.18 Å². The van der Waals surface area contributed by atoms with Crippen molar-refractivity contribution in [2.75, 3.05) is 13.1 Å². The fourth-order valence-electron chi connectivity index (χ4n) is 2.69. The standard InChI is InChI=1S/C17H21FN2O/c18-16-12-15(8-7-14(16)6-3-10-19)17(21)20-11-9-13-4-1-2-5-13/h7-8,12-13H,1-2,4-5,9-11,19H2,(H,20,21). The molecule has 0 aliphatic heterocycles. The van der Waals surface area contributed by atoms with Crippen LogP contribution in [-0.4, -0.2) is 19.0 Å². The summed E-state index contributed by atoms with van der Waals surface area (Å²) < 4.78 is 13.8. The zero-order valence-electron chi connectivity index (χ0n) is 12.1. The lowest BCUT2D eigenvalue weighted by Gasteiger charge is -2.10. The second kappa shape index (κ2) is 7.80. The molecule has 0 atom stereocenters. The second-order valence-corrected chi connectivity index (χ2v) is 5.40. The van der Waals surface area contributed by atoms with Crippen LogP contribution >= 0.6 is 0 Å². The summed E-state index contributed by atoms with van der Waals surface area (Å²) in [5.41, 5.74) is 5.85. The van der Waals surface area contributed by atoms with Crippen molar-refractivity contribution >= 4 is 5.91 Å². The Bertz CT molecular complexity index is 554. The van der Waals surface area contributed by atoms with Crippen molar-refractivity contribution in [1.82, 2.24) is 5.32 Å². The topological polar surface area (TPSA) is 55.1 Å². The monoisotopic (exact) mass is 288 g/mol. The second-order valence-electron chi connectivity index (χ2n) is 5.40. The van der Waals surface area contributed by atoms with Crippen LogP contribution in [0.2, 0.25) is 0 Å². The number of nitrogens with one attached hydrogen (secondary N) is 1. The van der Waals surface area contributed by atoms with Gasteiger partial charge in [-0.1, -0.05) is 37.5 Å². The number of rotatable bonds is 4. The molecule has 0 unspecified atom stereocenters. The Balaban J connectivity index is 1.88. The average Bonchev–Trinajstić information content (AvgIpc) is 2.99. The highest BCUT2D eigenvalue weighted by molar-refractivity contribution is 5.94. The van der Waals surface area contributed by atoms with Crippen LogP contribution in [0.4, 0.5) is 4.39 Å². The molecule has 1 amide bonds. The first-order valence-corrected chi connectivity index (χ1v) is 7.47. The summed E-state index contributed by atoms with van der Waals surface area (Å²) in [5.74, 6) is 5.25. The third kappa shape index (κ3) is 4.57.